The van der Waals surface area contributed by atoms with Gasteiger partial charge in [-0.05, 0) is 18.2 Å². The molecular weight excluding hydrogens is 344 g/mol. The number of sulfonamides is 1. The van der Waals surface area contributed by atoms with Crippen molar-refractivity contribution in [3.8, 4) is 0 Å². The summed E-state index contributed by atoms with van der Waals surface area (Å²) in [5.74, 6) is 0.437. The predicted octanol–water partition coefficient (Wildman–Crippen LogP) is 0.805. The standard InChI is InChI=1S/C12H15ClN6O3S/c13-9-7-8(15-12-16-11(14)17-18-12)1-2-10(9)23(20,21)19-3-5-22-6-4-19/h1-2,7H,3-6H2,(H4,14,15,16,17,18). The molecule has 0 unspecified atom stereocenters. The molecule has 124 valence electrons. The van der Waals surface area contributed by atoms with Gasteiger partial charge in [0.05, 0.1) is 18.2 Å². The number of benzene rings is 1. The summed E-state index contributed by atoms with van der Waals surface area (Å²) in [7, 11) is -3.64. The Labute approximate surface area is 137 Å². The third-order valence-corrected chi connectivity index (χ3v) is 5.66. The summed E-state index contributed by atoms with van der Waals surface area (Å²) < 4.78 is 31.7. The van der Waals surface area contributed by atoms with Gasteiger partial charge in [0.1, 0.15) is 4.90 Å². The molecule has 2 aromatic rings. The molecule has 11 heteroatoms. The van der Waals surface area contributed by atoms with Crippen LogP contribution in [0.2, 0.25) is 5.02 Å². The molecule has 1 fully saturated rings. The van der Waals surface area contributed by atoms with Gasteiger partial charge in [-0.2, -0.15) is 9.29 Å². The third kappa shape index (κ3) is 3.39. The zero-order valence-electron chi connectivity index (χ0n) is 12.0. The number of halogens is 1. The Morgan fingerprint density at radius 2 is 2.09 bits per heavy atom. The van der Waals surface area contributed by atoms with Gasteiger partial charge in [0.15, 0.2) is 0 Å². The fourth-order valence-corrected chi connectivity index (χ4v) is 4.10. The molecule has 0 radical (unpaired) electrons. The van der Waals surface area contributed by atoms with E-state index >= 15 is 0 Å². The number of aromatic amines is 1. The molecular formula is C12H15ClN6O3S. The van der Waals surface area contributed by atoms with Crippen LogP contribution < -0.4 is 11.1 Å². The summed E-state index contributed by atoms with van der Waals surface area (Å²) in [6.07, 6.45) is 0. The number of aromatic nitrogens is 3. The Morgan fingerprint density at radius 1 is 1.35 bits per heavy atom. The maximum Gasteiger partial charge on any atom is 0.248 e. The number of ether oxygens (including phenoxy) is 1. The van der Waals surface area contributed by atoms with Crippen LogP contribution in [0.3, 0.4) is 0 Å². The molecule has 0 amide bonds. The average molecular weight is 359 g/mol. The lowest BCUT2D eigenvalue weighted by Gasteiger charge is -2.26. The third-order valence-electron chi connectivity index (χ3n) is 3.28. The van der Waals surface area contributed by atoms with E-state index in [2.05, 4.69) is 20.5 Å². The first-order valence-corrected chi connectivity index (χ1v) is 8.61. The quantitative estimate of drug-likeness (QED) is 0.737. The summed E-state index contributed by atoms with van der Waals surface area (Å²) in [6.45, 7) is 1.38. The monoisotopic (exact) mass is 358 g/mol. The van der Waals surface area contributed by atoms with Gasteiger partial charge in [-0.25, -0.2) is 13.5 Å². The molecule has 1 aliphatic rings. The largest absolute Gasteiger partial charge is 0.379 e. The van der Waals surface area contributed by atoms with E-state index in [1.54, 1.807) is 6.07 Å². The minimum atomic E-state index is -3.64. The molecule has 9 nitrogen and oxygen atoms in total. The van der Waals surface area contributed by atoms with Gasteiger partial charge in [0, 0.05) is 18.8 Å². The van der Waals surface area contributed by atoms with Crippen molar-refractivity contribution in [3.63, 3.8) is 0 Å². The van der Waals surface area contributed by atoms with Crippen molar-refractivity contribution in [2.45, 2.75) is 4.90 Å². The van der Waals surface area contributed by atoms with Crippen LogP contribution in [0.15, 0.2) is 23.1 Å². The van der Waals surface area contributed by atoms with Crippen molar-refractivity contribution in [2.24, 2.45) is 0 Å². The molecule has 1 saturated heterocycles. The Morgan fingerprint density at radius 3 is 2.70 bits per heavy atom. The van der Waals surface area contributed by atoms with E-state index in [-0.39, 0.29) is 21.8 Å². The minimum absolute atomic E-state index is 0.0566. The first-order chi connectivity index (χ1) is 11.0. The second-order valence-electron chi connectivity index (χ2n) is 4.83. The number of H-pyrrole nitrogens is 1. The number of hydrogen-bond donors (Lipinski definition) is 3. The molecule has 1 aliphatic heterocycles. The number of nitrogens with zero attached hydrogens (tertiary/aromatic N) is 3. The van der Waals surface area contributed by atoms with Crippen LogP contribution in [0.1, 0.15) is 0 Å². The van der Waals surface area contributed by atoms with Crippen LogP contribution in [-0.2, 0) is 14.8 Å². The van der Waals surface area contributed by atoms with E-state index in [0.717, 1.165) is 0 Å². The zero-order chi connectivity index (χ0) is 16.4. The van der Waals surface area contributed by atoms with Crippen LogP contribution in [0, 0.1) is 0 Å². The van der Waals surface area contributed by atoms with Gasteiger partial charge >= 0.3 is 0 Å². The van der Waals surface area contributed by atoms with Crippen LogP contribution in [0.4, 0.5) is 17.6 Å². The highest BCUT2D eigenvalue weighted by molar-refractivity contribution is 7.89. The highest BCUT2D eigenvalue weighted by Crippen LogP contribution is 2.28. The highest BCUT2D eigenvalue weighted by atomic mass is 35.5. The van der Waals surface area contributed by atoms with Crippen LogP contribution in [0.5, 0.6) is 0 Å². The number of rotatable bonds is 4. The first kappa shape index (κ1) is 16.0. The van der Waals surface area contributed by atoms with Gasteiger partial charge < -0.3 is 15.8 Å². The van der Waals surface area contributed by atoms with Crippen molar-refractivity contribution in [2.75, 3.05) is 37.4 Å². The van der Waals surface area contributed by atoms with E-state index < -0.39 is 10.0 Å². The molecule has 4 N–H and O–H groups in total. The average Bonchev–Trinajstić information content (AvgIpc) is 2.93. The lowest BCUT2D eigenvalue weighted by Crippen LogP contribution is -2.40. The fourth-order valence-electron chi connectivity index (χ4n) is 2.17. The van der Waals surface area contributed by atoms with Crippen molar-refractivity contribution in [1.29, 1.82) is 0 Å². The minimum Gasteiger partial charge on any atom is -0.379 e. The number of nitrogens with one attached hydrogen (secondary N) is 2. The van der Waals surface area contributed by atoms with E-state index in [4.69, 9.17) is 22.1 Å². The molecule has 0 atom stereocenters. The van der Waals surface area contributed by atoms with Gasteiger partial charge in [-0.1, -0.05) is 11.6 Å². The number of hydrogen-bond acceptors (Lipinski definition) is 7. The topological polar surface area (TPSA) is 126 Å². The van der Waals surface area contributed by atoms with Gasteiger partial charge in [-0.15, -0.1) is 5.10 Å². The van der Waals surface area contributed by atoms with E-state index in [0.29, 0.717) is 32.0 Å². The maximum atomic E-state index is 12.6. The van der Waals surface area contributed by atoms with Gasteiger partial charge in [0.2, 0.25) is 21.9 Å². The van der Waals surface area contributed by atoms with Crippen LogP contribution >= 0.6 is 11.6 Å². The Kier molecular flexibility index (Phi) is 4.39. The summed E-state index contributed by atoms with van der Waals surface area (Å²) in [5, 5.41) is 9.31. The van der Waals surface area contributed by atoms with Crippen LogP contribution in [0.25, 0.3) is 0 Å². The smallest absolute Gasteiger partial charge is 0.248 e. The molecule has 23 heavy (non-hydrogen) atoms. The number of nitrogens with two attached hydrogens (primary N) is 1. The fraction of sp³-hybridized carbons (Fsp3) is 0.333. The molecule has 3 rings (SSSR count). The van der Waals surface area contributed by atoms with E-state index in [1.807, 2.05) is 0 Å². The van der Waals surface area contributed by atoms with Crippen LogP contribution in [-0.4, -0.2) is 54.2 Å². The second kappa shape index (κ2) is 6.32. The molecule has 1 aromatic heterocycles. The van der Waals surface area contributed by atoms with E-state index in [9.17, 15) is 8.42 Å². The number of morpholine rings is 1. The number of anilines is 3. The Hall–Kier alpha value is -1.88. The van der Waals surface area contributed by atoms with Crippen molar-refractivity contribution in [3.05, 3.63) is 23.2 Å². The molecule has 0 aliphatic carbocycles. The Bertz CT molecular complexity index is 803. The summed E-state index contributed by atoms with van der Waals surface area (Å²) in [5.41, 5.74) is 5.99. The summed E-state index contributed by atoms with van der Waals surface area (Å²) >= 11 is 6.15. The second-order valence-corrected chi connectivity index (χ2v) is 7.14. The van der Waals surface area contributed by atoms with E-state index in [1.165, 1.54) is 16.4 Å². The molecule has 0 saturated carbocycles. The summed E-state index contributed by atoms with van der Waals surface area (Å²) in [6, 6.07) is 4.54. The molecule has 2 heterocycles. The lowest BCUT2D eigenvalue weighted by molar-refractivity contribution is 0.0730. The number of nitrogen functional groups attached to an aromatic ring is 1. The Balaban J connectivity index is 1.84. The van der Waals surface area contributed by atoms with Crippen molar-refractivity contribution >= 4 is 39.2 Å². The zero-order valence-corrected chi connectivity index (χ0v) is 13.6. The van der Waals surface area contributed by atoms with Crippen molar-refractivity contribution in [1.82, 2.24) is 19.5 Å². The SMILES string of the molecule is Nc1nc(Nc2ccc(S(=O)(=O)N3CCOCC3)c(Cl)c2)n[nH]1. The van der Waals surface area contributed by atoms with Gasteiger partial charge in [0.25, 0.3) is 0 Å². The highest BCUT2D eigenvalue weighted by Gasteiger charge is 2.28. The molecule has 0 bridgehead atoms. The molecule has 1 aromatic carbocycles. The normalized spacial score (nSPS) is 16.4. The van der Waals surface area contributed by atoms with Gasteiger partial charge in [-0.3, -0.25) is 0 Å². The maximum absolute atomic E-state index is 12.6. The predicted molar refractivity (Wildman–Crippen MR) is 85.1 cm³/mol. The lowest BCUT2D eigenvalue weighted by atomic mass is 10.3. The first-order valence-electron chi connectivity index (χ1n) is 6.79. The molecule has 0 spiro atoms. The van der Waals surface area contributed by atoms with Crippen molar-refractivity contribution < 1.29 is 13.2 Å². The summed E-state index contributed by atoms with van der Waals surface area (Å²) in [4.78, 5) is 3.95.